The van der Waals surface area contributed by atoms with Gasteiger partial charge in [-0.15, -0.1) is 5.10 Å². The van der Waals surface area contributed by atoms with E-state index in [4.69, 9.17) is 0 Å². The largest absolute Gasteiger partial charge is 0.435 e. The number of hydrogen-bond donors (Lipinski definition) is 0. The van der Waals surface area contributed by atoms with Crippen molar-refractivity contribution in [3.05, 3.63) is 47.0 Å². The van der Waals surface area contributed by atoms with Crippen LogP contribution in [-0.2, 0) is 7.05 Å². The van der Waals surface area contributed by atoms with E-state index in [0.717, 1.165) is 0 Å². The zero-order valence-corrected chi connectivity index (χ0v) is 12.2. The molecule has 11 heteroatoms. The number of benzene rings is 1. The number of nitrogens with zero attached hydrogens (tertiary/aromatic N) is 6. The molecule has 2 aromatic heterocycles. The van der Waals surface area contributed by atoms with Crippen molar-refractivity contribution >= 4 is 5.82 Å². The SMILES string of the molecule is Cn1cnc([N+](=O)[O-])c1-n1cnc(-c2cccc(OC(F)F)c2)n1. The first kappa shape index (κ1) is 15.5. The molecular formula is C13H10F2N6O3. The highest BCUT2D eigenvalue weighted by atomic mass is 19.3. The van der Waals surface area contributed by atoms with Gasteiger partial charge in [-0.2, -0.15) is 13.5 Å². The van der Waals surface area contributed by atoms with Gasteiger partial charge in [0.15, 0.2) is 5.82 Å². The maximum Gasteiger partial charge on any atom is 0.408 e. The Kier molecular flexibility index (Phi) is 3.90. The van der Waals surface area contributed by atoms with Gasteiger partial charge in [-0.05, 0) is 22.0 Å². The molecule has 0 fully saturated rings. The predicted molar refractivity (Wildman–Crippen MR) is 76.8 cm³/mol. The second-order valence-corrected chi connectivity index (χ2v) is 4.68. The van der Waals surface area contributed by atoms with E-state index in [1.807, 2.05) is 0 Å². The van der Waals surface area contributed by atoms with Crippen molar-refractivity contribution in [1.82, 2.24) is 24.3 Å². The highest BCUT2D eigenvalue weighted by molar-refractivity contribution is 5.57. The van der Waals surface area contributed by atoms with E-state index < -0.39 is 11.5 Å². The van der Waals surface area contributed by atoms with Gasteiger partial charge in [0.05, 0.1) is 0 Å². The number of imidazole rings is 1. The quantitative estimate of drug-likeness (QED) is 0.523. The van der Waals surface area contributed by atoms with Crippen molar-refractivity contribution in [2.24, 2.45) is 7.05 Å². The molecule has 0 saturated heterocycles. The van der Waals surface area contributed by atoms with Crippen LogP contribution in [0.5, 0.6) is 5.75 Å². The number of halogens is 2. The number of ether oxygens (including phenoxy) is 1. The first-order valence-corrected chi connectivity index (χ1v) is 6.58. The molecule has 24 heavy (non-hydrogen) atoms. The lowest BCUT2D eigenvalue weighted by atomic mass is 10.2. The van der Waals surface area contributed by atoms with Crippen LogP contribution in [0, 0.1) is 10.1 Å². The summed E-state index contributed by atoms with van der Waals surface area (Å²) < 4.78 is 31.5. The molecule has 0 saturated carbocycles. The zero-order valence-electron chi connectivity index (χ0n) is 12.2. The summed E-state index contributed by atoms with van der Waals surface area (Å²) in [6.07, 6.45) is 2.56. The average Bonchev–Trinajstić information content (AvgIpc) is 3.13. The Balaban J connectivity index is 1.97. The summed E-state index contributed by atoms with van der Waals surface area (Å²) in [4.78, 5) is 18.1. The summed E-state index contributed by atoms with van der Waals surface area (Å²) in [6, 6.07) is 5.85. The summed E-state index contributed by atoms with van der Waals surface area (Å²) >= 11 is 0. The fourth-order valence-corrected chi connectivity index (χ4v) is 2.11. The van der Waals surface area contributed by atoms with Gasteiger partial charge >= 0.3 is 12.4 Å². The van der Waals surface area contributed by atoms with Gasteiger partial charge in [0.1, 0.15) is 12.1 Å². The molecule has 0 atom stereocenters. The minimum Gasteiger partial charge on any atom is -0.435 e. The smallest absolute Gasteiger partial charge is 0.408 e. The fraction of sp³-hybridized carbons (Fsp3) is 0.154. The predicted octanol–water partition coefficient (Wildman–Crippen LogP) is 2.18. The van der Waals surface area contributed by atoms with Crippen molar-refractivity contribution in [2.75, 3.05) is 0 Å². The molecule has 0 aliphatic carbocycles. The van der Waals surface area contributed by atoms with Crippen molar-refractivity contribution in [1.29, 1.82) is 0 Å². The summed E-state index contributed by atoms with van der Waals surface area (Å²) in [5.74, 6) is -0.0851. The van der Waals surface area contributed by atoms with E-state index in [1.54, 1.807) is 13.1 Å². The maximum absolute atomic E-state index is 12.3. The molecule has 0 unspecified atom stereocenters. The third-order valence-corrected chi connectivity index (χ3v) is 3.09. The summed E-state index contributed by atoms with van der Waals surface area (Å²) in [6.45, 7) is -2.94. The fourth-order valence-electron chi connectivity index (χ4n) is 2.11. The van der Waals surface area contributed by atoms with Gasteiger partial charge in [0.2, 0.25) is 12.1 Å². The molecule has 0 N–H and O–H groups in total. The highest BCUT2D eigenvalue weighted by Gasteiger charge is 2.23. The van der Waals surface area contributed by atoms with Crippen LogP contribution in [0.4, 0.5) is 14.6 Å². The number of aryl methyl sites for hydroxylation is 1. The van der Waals surface area contributed by atoms with Gasteiger partial charge in [-0.25, -0.2) is 4.98 Å². The molecule has 1 aromatic carbocycles. The molecular weight excluding hydrogens is 326 g/mol. The van der Waals surface area contributed by atoms with E-state index in [1.165, 1.54) is 40.1 Å². The molecule has 0 aliphatic heterocycles. The summed E-state index contributed by atoms with van der Waals surface area (Å²) in [7, 11) is 1.58. The van der Waals surface area contributed by atoms with E-state index in [2.05, 4.69) is 19.8 Å². The van der Waals surface area contributed by atoms with Crippen LogP contribution in [-0.4, -0.2) is 35.9 Å². The average molecular weight is 336 g/mol. The topological polar surface area (TPSA) is 101 Å². The van der Waals surface area contributed by atoms with E-state index >= 15 is 0 Å². The Labute approximate surface area is 133 Å². The minimum absolute atomic E-state index is 0.0367. The lowest BCUT2D eigenvalue weighted by molar-refractivity contribution is -0.389. The molecule has 3 aromatic rings. The first-order valence-electron chi connectivity index (χ1n) is 6.58. The van der Waals surface area contributed by atoms with Crippen molar-refractivity contribution in [3.8, 4) is 23.0 Å². The van der Waals surface area contributed by atoms with Crippen LogP contribution in [0.25, 0.3) is 17.2 Å². The Bertz CT molecular complexity index is 891. The second kappa shape index (κ2) is 6.02. The molecule has 0 radical (unpaired) electrons. The van der Waals surface area contributed by atoms with Crippen LogP contribution in [0.3, 0.4) is 0 Å². The van der Waals surface area contributed by atoms with E-state index in [-0.39, 0.29) is 23.2 Å². The second-order valence-electron chi connectivity index (χ2n) is 4.68. The Morgan fingerprint density at radius 2 is 2.08 bits per heavy atom. The zero-order chi connectivity index (χ0) is 17.3. The van der Waals surface area contributed by atoms with Crippen LogP contribution >= 0.6 is 0 Å². The van der Waals surface area contributed by atoms with E-state index in [0.29, 0.717) is 5.56 Å². The lowest BCUT2D eigenvalue weighted by Gasteiger charge is -2.04. The van der Waals surface area contributed by atoms with Crippen LogP contribution in [0.1, 0.15) is 0 Å². The molecule has 9 nitrogen and oxygen atoms in total. The maximum atomic E-state index is 12.3. The van der Waals surface area contributed by atoms with Crippen LogP contribution in [0.2, 0.25) is 0 Å². The molecule has 0 bridgehead atoms. The van der Waals surface area contributed by atoms with Gasteiger partial charge in [-0.3, -0.25) is 4.57 Å². The number of alkyl halides is 2. The molecule has 0 amide bonds. The summed E-state index contributed by atoms with van der Waals surface area (Å²) in [5.41, 5.74) is 0.428. The first-order chi connectivity index (χ1) is 11.5. The van der Waals surface area contributed by atoms with Crippen LogP contribution in [0.15, 0.2) is 36.9 Å². The molecule has 0 aliphatic rings. The van der Waals surface area contributed by atoms with Crippen molar-refractivity contribution in [2.45, 2.75) is 6.61 Å². The molecule has 0 spiro atoms. The Morgan fingerprint density at radius 1 is 1.29 bits per heavy atom. The van der Waals surface area contributed by atoms with Gasteiger partial charge < -0.3 is 14.9 Å². The number of aromatic nitrogens is 5. The number of rotatable bonds is 5. The van der Waals surface area contributed by atoms with E-state index in [9.17, 15) is 18.9 Å². The number of nitro groups is 1. The molecule has 2 heterocycles. The Hall–Kier alpha value is -3.37. The molecule has 124 valence electrons. The highest BCUT2D eigenvalue weighted by Crippen LogP contribution is 2.24. The third kappa shape index (κ3) is 2.91. The summed E-state index contributed by atoms with van der Waals surface area (Å²) in [5, 5.41) is 15.2. The molecule has 3 rings (SSSR count). The van der Waals surface area contributed by atoms with Crippen molar-refractivity contribution in [3.63, 3.8) is 0 Å². The lowest BCUT2D eigenvalue weighted by Crippen LogP contribution is -2.05. The monoisotopic (exact) mass is 336 g/mol. The Morgan fingerprint density at radius 3 is 2.79 bits per heavy atom. The normalized spacial score (nSPS) is 11.0. The number of hydrogen-bond acceptors (Lipinski definition) is 6. The van der Waals surface area contributed by atoms with Gasteiger partial charge in [0.25, 0.3) is 0 Å². The van der Waals surface area contributed by atoms with Crippen LogP contribution < -0.4 is 4.74 Å². The minimum atomic E-state index is -2.94. The third-order valence-electron chi connectivity index (χ3n) is 3.09. The van der Waals surface area contributed by atoms with Gasteiger partial charge in [0, 0.05) is 12.6 Å². The standard InChI is InChI=1S/C13H10F2N6O3/c1-19-6-17-11(21(22)23)12(19)20-7-16-10(18-20)8-3-2-4-9(5-8)24-13(14)15/h2-7,13H,1H3. The van der Waals surface area contributed by atoms with Gasteiger partial charge in [-0.1, -0.05) is 12.1 Å². The van der Waals surface area contributed by atoms with Crippen molar-refractivity contribution < 1.29 is 18.4 Å².